The van der Waals surface area contributed by atoms with Gasteiger partial charge in [0, 0.05) is 17.8 Å². The van der Waals surface area contributed by atoms with Gasteiger partial charge < -0.3 is 15.2 Å². The topological polar surface area (TPSA) is 146 Å². The number of nitrogens with one attached hydrogen (secondary N) is 2. The van der Waals surface area contributed by atoms with Crippen LogP contribution in [0, 0.1) is 11.7 Å². The third kappa shape index (κ3) is 5.08. The lowest BCUT2D eigenvalue weighted by molar-refractivity contribution is -0.218. The number of carbonyl (C=O) groups excluding carboxylic acids is 2. The number of nitrogens with zero attached hydrogens (tertiary/aromatic N) is 4. The summed E-state index contributed by atoms with van der Waals surface area (Å²) < 4.78 is 87.2. The molecular formula is C22H18F6N6O5. The van der Waals surface area contributed by atoms with Crippen LogP contribution in [0.5, 0.6) is 0 Å². The molecule has 39 heavy (non-hydrogen) atoms. The van der Waals surface area contributed by atoms with Crippen molar-refractivity contribution >= 4 is 29.6 Å². The highest BCUT2D eigenvalue weighted by Gasteiger charge is 2.66. The van der Waals surface area contributed by atoms with Crippen LogP contribution in [0.1, 0.15) is 35.1 Å². The van der Waals surface area contributed by atoms with E-state index in [0.29, 0.717) is 11.1 Å². The summed E-state index contributed by atoms with van der Waals surface area (Å²) in [5.74, 6) is -6.08. The molecule has 11 nitrogen and oxygen atoms in total. The molecule has 1 saturated heterocycles. The van der Waals surface area contributed by atoms with Crippen LogP contribution in [0.3, 0.4) is 0 Å². The molecule has 3 heterocycles. The van der Waals surface area contributed by atoms with Crippen LogP contribution in [0.15, 0.2) is 35.6 Å². The van der Waals surface area contributed by atoms with Crippen molar-refractivity contribution in [2.75, 3.05) is 18.5 Å². The van der Waals surface area contributed by atoms with Crippen LogP contribution in [-0.4, -0.2) is 69.3 Å². The smallest absolute Gasteiger partial charge is 0.415 e. The van der Waals surface area contributed by atoms with Crippen LogP contribution in [0.2, 0.25) is 0 Å². The number of guanidine groups is 1. The van der Waals surface area contributed by atoms with Gasteiger partial charge in [-0.25, -0.2) is 27.9 Å². The minimum atomic E-state index is -5.07. The summed E-state index contributed by atoms with van der Waals surface area (Å²) in [7, 11) is 0. The van der Waals surface area contributed by atoms with Crippen LogP contribution >= 0.6 is 0 Å². The summed E-state index contributed by atoms with van der Waals surface area (Å²) in [5.41, 5.74) is -4.24. The van der Waals surface area contributed by atoms with Gasteiger partial charge in [0.2, 0.25) is 11.9 Å². The maximum absolute atomic E-state index is 15.2. The molecule has 0 unspecified atom stereocenters. The molecule has 4 rings (SSSR count). The first-order valence-electron chi connectivity index (χ1n) is 11.1. The fourth-order valence-corrected chi connectivity index (χ4v) is 4.39. The molecule has 0 spiro atoms. The first-order chi connectivity index (χ1) is 18.3. The molecule has 3 atom stereocenters. The summed E-state index contributed by atoms with van der Waals surface area (Å²) in [6.07, 6.45) is -10.9. The molecule has 2 aliphatic heterocycles. The predicted octanol–water partition coefficient (Wildman–Crippen LogP) is 3.06. The minimum Gasteiger partial charge on any atom is -0.465 e. The zero-order valence-electron chi connectivity index (χ0n) is 19.7. The van der Waals surface area contributed by atoms with Gasteiger partial charge in [-0.15, -0.1) is 0 Å². The number of anilines is 1. The van der Waals surface area contributed by atoms with Gasteiger partial charge in [-0.1, -0.05) is 0 Å². The number of aromatic nitrogens is 2. The fraction of sp³-hybridized carbons (Fsp3) is 0.364. The number of rotatable bonds is 5. The normalized spacial score (nSPS) is 22.9. The average Bonchev–Trinajstić information content (AvgIpc) is 3.26. The molecule has 17 heteroatoms. The number of aliphatic imine (C=N–C) groups is 1. The van der Waals surface area contributed by atoms with E-state index in [-0.39, 0.29) is 12.2 Å². The maximum atomic E-state index is 15.2. The maximum Gasteiger partial charge on any atom is 0.415 e. The Morgan fingerprint density at radius 1 is 1.23 bits per heavy atom. The highest BCUT2D eigenvalue weighted by Crippen LogP contribution is 2.51. The van der Waals surface area contributed by atoms with Gasteiger partial charge in [0.05, 0.1) is 19.0 Å². The van der Waals surface area contributed by atoms with Gasteiger partial charge in [0.15, 0.2) is 6.10 Å². The molecule has 0 bridgehead atoms. The highest BCUT2D eigenvalue weighted by atomic mass is 19.4. The monoisotopic (exact) mass is 560 g/mol. The van der Waals surface area contributed by atoms with Crippen molar-refractivity contribution in [2.45, 2.75) is 31.2 Å². The number of hydrogen-bond acceptors (Lipinski definition) is 7. The zero-order valence-corrected chi connectivity index (χ0v) is 19.7. The van der Waals surface area contributed by atoms with Crippen LogP contribution < -0.4 is 10.6 Å². The quantitative estimate of drug-likeness (QED) is 0.477. The third-order valence-electron chi connectivity index (χ3n) is 6.07. The molecule has 3 amide bonds. The van der Waals surface area contributed by atoms with Gasteiger partial charge in [-0.2, -0.15) is 13.2 Å². The Labute approximate surface area is 214 Å². The van der Waals surface area contributed by atoms with Crippen molar-refractivity contribution in [2.24, 2.45) is 10.9 Å². The molecular weight excluding hydrogens is 542 g/mol. The lowest BCUT2D eigenvalue weighted by Gasteiger charge is -2.40. The molecule has 1 fully saturated rings. The van der Waals surface area contributed by atoms with Crippen molar-refractivity contribution in [3.05, 3.63) is 53.4 Å². The second kappa shape index (κ2) is 10.1. The summed E-state index contributed by atoms with van der Waals surface area (Å²) in [6, 6.07) is 2.75. The van der Waals surface area contributed by atoms with Crippen molar-refractivity contribution in [3.63, 3.8) is 0 Å². The van der Waals surface area contributed by atoms with E-state index in [9.17, 15) is 41.4 Å². The molecule has 0 radical (unpaired) electrons. The van der Waals surface area contributed by atoms with Crippen LogP contribution in [0.25, 0.3) is 0 Å². The largest absolute Gasteiger partial charge is 0.465 e. The lowest BCUT2D eigenvalue weighted by Crippen LogP contribution is -2.60. The van der Waals surface area contributed by atoms with E-state index in [1.165, 1.54) is 6.92 Å². The van der Waals surface area contributed by atoms with Crippen LogP contribution in [-0.2, 0) is 15.1 Å². The Morgan fingerprint density at radius 2 is 1.95 bits per heavy atom. The van der Waals surface area contributed by atoms with E-state index in [0.717, 1.165) is 24.4 Å². The Hall–Kier alpha value is -4.28. The van der Waals surface area contributed by atoms with Crippen molar-refractivity contribution in [3.8, 4) is 0 Å². The van der Waals surface area contributed by atoms with E-state index in [4.69, 9.17) is 4.74 Å². The zero-order chi connectivity index (χ0) is 28.7. The average molecular weight is 560 g/mol. The molecule has 0 aliphatic carbocycles. The summed E-state index contributed by atoms with van der Waals surface area (Å²) >= 11 is 0. The van der Waals surface area contributed by atoms with Crippen LogP contribution in [0.4, 0.5) is 36.8 Å². The number of hydrogen-bond donors (Lipinski definition) is 3. The van der Waals surface area contributed by atoms with Crippen molar-refractivity contribution in [1.29, 1.82) is 0 Å². The van der Waals surface area contributed by atoms with Gasteiger partial charge in [-0.3, -0.25) is 24.8 Å². The number of amides is 3. The fourth-order valence-electron chi connectivity index (χ4n) is 4.39. The van der Waals surface area contributed by atoms with Gasteiger partial charge in [0.25, 0.3) is 12.3 Å². The highest BCUT2D eigenvalue weighted by molar-refractivity contribution is 6.06. The summed E-state index contributed by atoms with van der Waals surface area (Å²) in [5, 5.41) is 13.3. The standard InChI is InChI=1S/C22H18F6N6O5/c1-2-34-18(36)14-15(22(26,27)28)39-8-21(14,33-19(34)32-20(37)38)10-5-9(3-4-11(10)23)31-17(35)13-7-29-12(6-30-13)16(24)25/h3-7,14-16H,2,8H2,1H3,(H,31,35)(H,32,33)(H,37,38)/t14-,15-,21+/m0/s1. The number of alkyl halides is 5. The van der Waals surface area contributed by atoms with E-state index >= 15 is 4.39 Å². The van der Waals surface area contributed by atoms with E-state index in [2.05, 4.69) is 20.3 Å². The van der Waals surface area contributed by atoms with Gasteiger partial charge >= 0.3 is 12.3 Å². The Kier molecular flexibility index (Phi) is 7.20. The molecule has 208 valence electrons. The molecule has 1 aromatic carbocycles. The van der Waals surface area contributed by atoms with E-state index < -0.39 is 83.4 Å². The van der Waals surface area contributed by atoms with Crippen molar-refractivity contribution < 1.29 is 50.6 Å². The molecule has 3 N–H and O–H groups in total. The van der Waals surface area contributed by atoms with Crippen molar-refractivity contribution in [1.82, 2.24) is 20.2 Å². The molecule has 1 aromatic heterocycles. The SMILES string of the molecule is CCN1C(=O)[C@@H]2[C@@H](C(F)(F)F)OC[C@]2(c2cc(NC(=O)c3cnc(C(F)F)cn3)ccc2F)N=C1NC(=O)O. The number of ether oxygens (including phenoxy) is 1. The van der Waals surface area contributed by atoms with E-state index in [1.54, 1.807) is 0 Å². The lowest BCUT2D eigenvalue weighted by atomic mass is 9.75. The Morgan fingerprint density at radius 3 is 2.51 bits per heavy atom. The number of carboxylic acid groups (broad SMARTS) is 1. The minimum absolute atomic E-state index is 0.187. The predicted molar refractivity (Wildman–Crippen MR) is 118 cm³/mol. The first kappa shape index (κ1) is 27.7. The molecule has 2 aliphatic rings. The molecule has 2 aromatic rings. The Bertz CT molecular complexity index is 1340. The number of fused-ring (bicyclic) bond motifs is 1. The number of benzene rings is 1. The summed E-state index contributed by atoms with van der Waals surface area (Å²) in [6.45, 7) is 0.152. The number of halogens is 6. The second-order valence-corrected chi connectivity index (χ2v) is 8.40. The van der Waals surface area contributed by atoms with Gasteiger partial charge in [0.1, 0.15) is 28.7 Å². The third-order valence-corrected chi connectivity index (χ3v) is 6.07. The molecule has 0 saturated carbocycles. The van der Waals surface area contributed by atoms with Gasteiger partial charge in [-0.05, 0) is 25.1 Å². The second-order valence-electron chi connectivity index (χ2n) is 8.40. The number of carbonyl (C=O) groups is 3. The summed E-state index contributed by atoms with van der Waals surface area (Å²) in [4.78, 5) is 48.9. The Balaban J connectivity index is 1.79. The van der Waals surface area contributed by atoms with E-state index in [1.807, 2.05) is 5.32 Å². The first-order valence-corrected chi connectivity index (χ1v) is 11.1.